The topological polar surface area (TPSA) is 151 Å². The smallest absolute Gasteiger partial charge is 0.255 e. The lowest BCUT2D eigenvalue weighted by molar-refractivity contribution is -0.122. The number of nitriles is 1. The lowest BCUT2D eigenvalue weighted by Crippen LogP contribution is -2.44. The number of halogens is 1. The molecule has 0 bridgehead atoms. The molecule has 194 valence electrons. The Morgan fingerprint density at radius 3 is 2.65 bits per heavy atom. The molecule has 1 atom stereocenters. The number of nitrogens with one attached hydrogen (secondary N) is 4. The Labute approximate surface area is 220 Å². The molecule has 1 aromatic carbocycles. The summed E-state index contributed by atoms with van der Waals surface area (Å²) >= 11 is 6.05. The third kappa shape index (κ3) is 6.43. The van der Waals surface area contributed by atoms with Gasteiger partial charge in [0.25, 0.3) is 5.91 Å². The predicted octanol–water partition coefficient (Wildman–Crippen LogP) is 3.83. The molecule has 1 aliphatic rings. The number of benzene rings is 1. The molecular weight excluding hydrogens is 492 g/mol. The Bertz CT molecular complexity index is 1350. The number of hydrogen-bond donors (Lipinski definition) is 4. The van der Waals surface area contributed by atoms with E-state index in [0.29, 0.717) is 46.1 Å². The van der Waals surface area contributed by atoms with Crippen LogP contribution in [0, 0.1) is 28.1 Å². The maximum Gasteiger partial charge on any atom is 0.255 e. The number of carbonyl (C=O) groups is 2. The first kappa shape index (κ1) is 27.6. The molecular formula is C26H31ClN8O2. The second-order valence-corrected chi connectivity index (χ2v) is 10.4. The Hall–Kier alpha value is -3.97. The van der Waals surface area contributed by atoms with Gasteiger partial charge in [-0.05, 0) is 30.5 Å². The molecule has 4 rings (SSSR count). The SMILES string of the molecule is CNc1cc(Cl)ccc1C(=N)c1cnc2[nH]cc(C(=O)N[C@@H](C)C(C)(C)C)c2n1.N#CC1CN(C=O)C1. The van der Waals surface area contributed by atoms with Gasteiger partial charge in [0, 0.05) is 48.6 Å². The third-order valence-electron chi connectivity index (χ3n) is 6.29. The first-order valence-electron chi connectivity index (χ1n) is 11.8. The number of fused-ring (bicyclic) bond motifs is 1. The number of anilines is 1. The van der Waals surface area contributed by atoms with E-state index in [-0.39, 0.29) is 29.0 Å². The summed E-state index contributed by atoms with van der Waals surface area (Å²) in [4.78, 5) is 36.1. The highest BCUT2D eigenvalue weighted by atomic mass is 35.5. The number of nitrogens with zero attached hydrogens (tertiary/aromatic N) is 4. The number of aromatic nitrogens is 3. The monoisotopic (exact) mass is 522 g/mol. The van der Waals surface area contributed by atoms with Crippen LogP contribution in [0.4, 0.5) is 5.69 Å². The number of carbonyl (C=O) groups excluding carboxylic acids is 2. The molecule has 37 heavy (non-hydrogen) atoms. The van der Waals surface area contributed by atoms with E-state index in [0.717, 1.165) is 12.1 Å². The quantitative estimate of drug-likeness (QED) is 0.285. The molecule has 0 radical (unpaired) electrons. The fraction of sp³-hybridized carbons (Fsp3) is 0.385. The maximum atomic E-state index is 12.8. The maximum absolute atomic E-state index is 12.8. The Kier molecular flexibility index (Phi) is 8.50. The van der Waals surface area contributed by atoms with Gasteiger partial charge in [-0.15, -0.1) is 0 Å². The molecule has 11 heteroatoms. The molecule has 0 unspecified atom stereocenters. The molecule has 0 spiro atoms. The zero-order chi connectivity index (χ0) is 27.3. The Morgan fingerprint density at radius 2 is 2.05 bits per heavy atom. The van der Waals surface area contributed by atoms with Crippen LogP contribution in [0.5, 0.6) is 0 Å². The van der Waals surface area contributed by atoms with E-state index < -0.39 is 0 Å². The molecule has 3 heterocycles. The minimum absolute atomic E-state index is 0.0263. The van der Waals surface area contributed by atoms with Crippen molar-refractivity contribution in [2.24, 2.45) is 11.3 Å². The standard InChI is InChI=1S/C21H25ClN6O.C5H6N2O/c1-11(21(2,3)4)27-20(29)14-9-25-19-18(14)28-16(10-26-19)17(23)13-7-6-12(22)8-15(13)24-5;6-1-5-2-7(3-5)4-8/h6-11,23-24H,1-5H3,(H,25,26)(H,27,29);4-5H,2-3H2/t11-;/m0./s1. The van der Waals surface area contributed by atoms with Crippen LogP contribution in [0.25, 0.3) is 11.2 Å². The fourth-order valence-corrected chi connectivity index (χ4v) is 3.61. The summed E-state index contributed by atoms with van der Waals surface area (Å²) in [5.41, 5.74) is 3.20. The Morgan fingerprint density at radius 1 is 1.35 bits per heavy atom. The lowest BCUT2D eigenvalue weighted by Gasteiger charge is -2.31. The fourth-order valence-electron chi connectivity index (χ4n) is 3.44. The Balaban J connectivity index is 0.000000405. The van der Waals surface area contributed by atoms with Crippen LogP contribution in [-0.4, -0.2) is 64.1 Å². The molecule has 0 saturated carbocycles. The summed E-state index contributed by atoms with van der Waals surface area (Å²) in [5.74, 6) is -0.126. The van der Waals surface area contributed by atoms with Gasteiger partial charge < -0.3 is 20.5 Å². The van der Waals surface area contributed by atoms with E-state index >= 15 is 0 Å². The van der Waals surface area contributed by atoms with Crippen LogP contribution < -0.4 is 10.6 Å². The molecule has 10 nitrogen and oxygen atoms in total. The van der Waals surface area contributed by atoms with Crippen molar-refractivity contribution < 1.29 is 9.59 Å². The van der Waals surface area contributed by atoms with Crippen molar-refractivity contribution in [3.63, 3.8) is 0 Å². The first-order valence-corrected chi connectivity index (χ1v) is 12.2. The molecule has 3 aromatic rings. The second kappa shape index (κ2) is 11.4. The van der Waals surface area contributed by atoms with Gasteiger partial charge in [-0.3, -0.25) is 15.0 Å². The highest BCUT2D eigenvalue weighted by molar-refractivity contribution is 6.31. The van der Waals surface area contributed by atoms with Crippen molar-refractivity contribution in [3.8, 4) is 6.07 Å². The number of rotatable bonds is 6. The van der Waals surface area contributed by atoms with Gasteiger partial charge in [0.1, 0.15) is 11.2 Å². The van der Waals surface area contributed by atoms with E-state index in [2.05, 4.69) is 52.4 Å². The molecule has 2 aromatic heterocycles. The van der Waals surface area contributed by atoms with Gasteiger partial charge in [0.15, 0.2) is 5.65 Å². The number of hydrogen-bond acceptors (Lipinski definition) is 7. The van der Waals surface area contributed by atoms with E-state index in [1.165, 1.54) is 6.20 Å². The molecule has 0 aliphatic carbocycles. The van der Waals surface area contributed by atoms with Gasteiger partial charge in [-0.2, -0.15) is 5.26 Å². The van der Waals surface area contributed by atoms with Crippen LogP contribution >= 0.6 is 11.6 Å². The van der Waals surface area contributed by atoms with E-state index in [9.17, 15) is 9.59 Å². The highest BCUT2D eigenvalue weighted by Gasteiger charge is 2.25. The summed E-state index contributed by atoms with van der Waals surface area (Å²) in [7, 11) is 1.77. The van der Waals surface area contributed by atoms with E-state index in [1.807, 2.05) is 6.92 Å². The van der Waals surface area contributed by atoms with Gasteiger partial charge in [0.05, 0.1) is 29.5 Å². The number of likely N-dealkylation sites (tertiary alicyclic amines) is 1. The lowest BCUT2D eigenvalue weighted by atomic mass is 9.88. The van der Waals surface area contributed by atoms with Crippen LogP contribution in [0.1, 0.15) is 49.3 Å². The molecule has 4 N–H and O–H groups in total. The van der Waals surface area contributed by atoms with Crippen molar-refractivity contribution in [3.05, 3.63) is 52.4 Å². The predicted molar refractivity (Wildman–Crippen MR) is 144 cm³/mol. The third-order valence-corrected chi connectivity index (χ3v) is 6.53. The van der Waals surface area contributed by atoms with Crippen LogP contribution in [-0.2, 0) is 4.79 Å². The average Bonchev–Trinajstić information content (AvgIpc) is 3.26. The van der Waals surface area contributed by atoms with Crippen molar-refractivity contribution >= 4 is 46.5 Å². The van der Waals surface area contributed by atoms with E-state index in [1.54, 1.807) is 36.3 Å². The highest BCUT2D eigenvalue weighted by Crippen LogP contribution is 2.24. The summed E-state index contributed by atoms with van der Waals surface area (Å²) < 4.78 is 0. The number of aromatic amines is 1. The van der Waals surface area contributed by atoms with Gasteiger partial charge in [-0.1, -0.05) is 32.4 Å². The average molecular weight is 523 g/mol. The second-order valence-electron chi connectivity index (χ2n) is 9.92. The summed E-state index contributed by atoms with van der Waals surface area (Å²) in [6, 6.07) is 7.27. The number of amides is 2. The van der Waals surface area contributed by atoms with Crippen LogP contribution in [0.3, 0.4) is 0 Å². The largest absolute Gasteiger partial charge is 0.388 e. The van der Waals surface area contributed by atoms with Crippen molar-refractivity contribution in [1.82, 2.24) is 25.2 Å². The van der Waals surface area contributed by atoms with Gasteiger partial charge in [0.2, 0.25) is 6.41 Å². The minimum atomic E-state index is -0.223. The van der Waals surface area contributed by atoms with E-state index in [4.69, 9.17) is 22.3 Å². The molecule has 1 saturated heterocycles. The summed E-state index contributed by atoms with van der Waals surface area (Å²) in [6.45, 7) is 9.42. The summed E-state index contributed by atoms with van der Waals surface area (Å²) in [5, 5.41) is 23.4. The van der Waals surface area contributed by atoms with Crippen LogP contribution in [0.2, 0.25) is 5.02 Å². The first-order chi connectivity index (χ1) is 17.5. The minimum Gasteiger partial charge on any atom is -0.388 e. The normalized spacial score (nSPS) is 14.0. The van der Waals surface area contributed by atoms with Gasteiger partial charge >= 0.3 is 0 Å². The molecule has 1 fully saturated rings. The summed E-state index contributed by atoms with van der Waals surface area (Å²) in [6.07, 6.45) is 3.90. The zero-order valence-electron chi connectivity index (χ0n) is 21.5. The van der Waals surface area contributed by atoms with Crippen LogP contribution in [0.15, 0.2) is 30.6 Å². The van der Waals surface area contributed by atoms with Gasteiger partial charge in [-0.25, -0.2) is 9.97 Å². The van der Waals surface area contributed by atoms with Crippen molar-refractivity contribution in [2.75, 3.05) is 25.5 Å². The van der Waals surface area contributed by atoms with Crippen molar-refractivity contribution in [1.29, 1.82) is 10.7 Å². The molecule has 2 amide bonds. The van der Waals surface area contributed by atoms with Crippen molar-refractivity contribution in [2.45, 2.75) is 33.7 Å². The zero-order valence-corrected chi connectivity index (χ0v) is 22.3. The number of H-pyrrole nitrogens is 1. The molecule has 1 aliphatic heterocycles.